The predicted molar refractivity (Wildman–Crippen MR) is 112 cm³/mol. The molecule has 28 heavy (non-hydrogen) atoms. The number of hydrogen-bond donors (Lipinski definition) is 1. The number of amides is 1. The van der Waals surface area contributed by atoms with Crippen LogP contribution in [0, 0.1) is 5.41 Å². The van der Waals surface area contributed by atoms with Crippen LogP contribution in [0.3, 0.4) is 0 Å². The minimum absolute atomic E-state index is 0.293. The van der Waals surface area contributed by atoms with Gasteiger partial charge >= 0.3 is 0 Å². The van der Waals surface area contributed by atoms with Gasteiger partial charge in [-0.25, -0.2) is 4.98 Å². The van der Waals surface area contributed by atoms with E-state index in [1.54, 1.807) is 0 Å². The fourth-order valence-electron chi connectivity index (χ4n) is 5.64. The smallest absolute Gasteiger partial charge is 0.230 e. The number of nitrogens with zero attached hydrogens (tertiary/aromatic N) is 3. The van der Waals surface area contributed by atoms with Crippen molar-refractivity contribution in [3.63, 3.8) is 0 Å². The van der Waals surface area contributed by atoms with Crippen LogP contribution in [-0.2, 0) is 17.8 Å². The van der Waals surface area contributed by atoms with E-state index in [9.17, 15) is 4.79 Å². The summed E-state index contributed by atoms with van der Waals surface area (Å²) in [5.74, 6) is 3.54. The first-order valence-corrected chi connectivity index (χ1v) is 11.6. The summed E-state index contributed by atoms with van der Waals surface area (Å²) in [6.07, 6.45) is 7.86. The van der Waals surface area contributed by atoms with E-state index in [0.717, 1.165) is 56.2 Å². The van der Waals surface area contributed by atoms with Crippen molar-refractivity contribution < 1.29 is 4.79 Å². The summed E-state index contributed by atoms with van der Waals surface area (Å²) in [6.45, 7) is 2.62. The van der Waals surface area contributed by atoms with E-state index >= 15 is 0 Å². The van der Waals surface area contributed by atoms with Crippen LogP contribution in [0.1, 0.15) is 30.7 Å². The van der Waals surface area contributed by atoms with Crippen molar-refractivity contribution in [1.29, 1.82) is 0 Å². The molecule has 1 aromatic heterocycles. The Kier molecular flexibility index (Phi) is 4.93. The Morgan fingerprint density at radius 2 is 2.04 bits per heavy atom. The van der Waals surface area contributed by atoms with Crippen LogP contribution in [0.2, 0.25) is 0 Å². The number of H-pyrrole nitrogens is 1. The summed E-state index contributed by atoms with van der Waals surface area (Å²) in [7, 11) is 0. The second-order valence-electron chi connectivity index (χ2n) is 8.38. The molecule has 5 rings (SSSR count). The van der Waals surface area contributed by atoms with E-state index in [4.69, 9.17) is 0 Å². The van der Waals surface area contributed by atoms with Gasteiger partial charge in [-0.2, -0.15) is 11.8 Å². The van der Waals surface area contributed by atoms with Crippen LogP contribution in [0.25, 0.3) is 0 Å². The molecule has 1 aromatic carbocycles. The van der Waals surface area contributed by atoms with Gasteiger partial charge in [-0.15, -0.1) is 0 Å². The summed E-state index contributed by atoms with van der Waals surface area (Å²) in [5, 5.41) is 0. The molecule has 1 amide bonds. The van der Waals surface area contributed by atoms with E-state index < -0.39 is 0 Å². The Morgan fingerprint density at radius 3 is 2.79 bits per heavy atom. The highest BCUT2D eigenvalue weighted by Gasteiger charge is 2.60. The van der Waals surface area contributed by atoms with Crippen LogP contribution in [0.4, 0.5) is 0 Å². The maximum Gasteiger partial charge on any atom is 0.230 e. The third-order valence-corrected chi connectivity index (χ3v) is 7.80. The first kappa shape index (κ1) is 18.3. The molecule has 2 bridgehead atoms. The predicted octanol–water partition coefficient (Wildman–Crippen LogP) is 2.95. The van der Waals surface area contributed by atoms with E-state index in [1.807, 2.05) is 24.2 Å². The fourth-order valence-corrected chi connectivity index (χ4v) is 6.54. The average Bonchev–Trinajstić information content (AvgIpc) is 3.46. The highest BCUT2D eigenvalue weighted by molar-refractivity contribution is 7.99. The van der Waals surface area contributed by atoms with Crippen molar-refractivity contribution >= 4 is 17.7 Å². The van der Waals surface area contributed by atoms with Crippen molar-refractivity contribution in [1.82, 2.24) is 19.8 Å². The van der Waals surface area contributed by atoms with Crippen molar-refractivity contribution in [2.24, 2.45) is 5.41 Å². The largest absolute Gasteiger partial charge is 0.348 e. The van der Waals surface area contributed by atoms with E-state index in [2.05, 4.69) is 50.1 Å². The van der Waals surface area contributed by atoms with Crippen LogP contribution in [0.5, 0.6) is 0 Å². The molecule has 5 nitrogen and oxygen atoms in total. The molecule has 0 radical (unpaired) electrons. The first-order chi connectivity index (χ1) is 13.8. The minimum atomic E-state index is -0.293. The molecular formula is C22H28N4OS. The molecule has 3 aliphatic rings. The van der Waals surface area contributed by atoms with Gasteiger partial charge in [-0.1, -0.05) is 30.3 Å². The van der Waals surface area contributed by atoms with Crippen molar-refractivity contribution in [2.75, 3.05) is 24.6 Å². The molecule has 6 heteroatoms. The molecule has 1 N–H and O–H groups in total. The lowest BCUT2D eigenvalue weighted by Crippen LogP contribution is -2.53. The standard InChI is InChI=1S/C22H28N4OS/c27-21(25-10-12-28-13-11-25)22(14-17-4-2-1-3-5-17)15-18-6-7-19(22)26(18)16-20-23-8-9-24-20/h1-5,8-9,18-19H,6-7,10-16H2,(H,23,24)/t18-,19+,22+/m0/s1. The third kappa shape index (κ3) is 3.16. The lowest BCUT2D eigenvalue weighted by molar-refractivity contribution is -0.144. The Hall–Kier alpha value is -1.79. The van der Waals surface area contributed by atoms with Crippen LogP contribution in [0.15, 0.2) is 42.7 Å². The molecule has 3 atom stereocenters. The molecule has 4 heterocycles. The fraction of sp³-hybridized carbons (Fsp3) is 0.545. The summed E-state index contributed by atoms with van der Waals surface area (Å²) in [5.41, 5.74) is 0.992. The van der Waals surface area contributed by atoms with E-state index in [-0.39, 0.29) is 5.41 Å². The first-order valence-electron chi connectivity index (χ1n) is 10.4. The number of hydrogen-bond acceptors (Lipinski definition) is 4. The van der Waals surface area contributed by atoms with Gasteiger partial charge in [0.15, 0.2) is 0 Å². The number of carbonyl (C=O) groups is 1. The molecule has 0 saturated carbocycles. The normalized spacial score (nSPS) is 30.1. The lowest BCUT2D eigenvalue weighted by atomic mass is 9.69. The van der Waals surface area contributed by atoms with E-state index in [0.29, 0.717) is 18.0 Å². The van der Waals surface area contributed by atoms with Gasteiger partial charge in [0.2, 0.25) is 5.91 Å². The second kappa shape index (κ2) is 7.56. The van der Waals surface area contributed by atoms with Crippen LogP contribution in [-0.4, -0.2) is 62.4 Å². The quantitative estimate of drug-likeness (QED) is 0.844. The zero-order valence-corrected chi connectivity index (χ0v) is 17.0. The monoisotopic (exact) mass is 396 g/mol. The van der Waals surface area contributed by atoms with Gasteiger partial charge in [0, 0.05) is 49.1 Å². The number of nitrogens with one attached hydrogen (secondary N) is 1. The second-order valence-corrected chi connectivity index (χ2v) is 9.61. The van der Waals surface area contributed by atoms with Crippen LogP contribution < -0.4 is 0 Å². The van der Waals surface area contributed by atoms with Gasteiger partial charge in [-0.3, -0.25) is 9.69 Å². The molecule has 3 saturated heterocycles. The number of fused-ring (bicyclic) bond motifs is 2. The third-order valence-electron chi connectivity index (χ3n) is 6.85. The highest BCUT2D eigenvalue weighted by Crippen LogP contribution is 2.53. The topological polar surface area (TPSA) is 52.2 Å². The zero-order valence-electron chi connectivity index (χ0n) is 16.2. The summed E-state index contributed by atoms with van der Waals surface area (Å²) in [4.78, 5) is 26.4. The van der Waals surface area contributed by atoms with Crippen molar-refractivity contribution in [3.05, 3.63) is 54.1 Å². The minimum Gasteiger partial charge on any atom is -0.348 e. The van der Waals surface area contributed by atoms with Gasteiger partial charge in [0.05, 0.1) is 12.0 Å². The lowest BCUT2D eigenvalue weighted by Gasteiger charge is -2.41. The maximum atomic E-state index is 13.9. The number of rotatable bonds is 5. The summed E-state index contributed by atoms with van der Waals surface area (Å²) >= 11 is 1.96. The number of aromatic nitrogens is 2. The Balaban J connectivity index is 1.47. The summed E-state index contributed by atoms with van der Waals surface area (Å²) in [6, 6.07) is 11.4. The molecule has 148 valence electrons. The Labute approximate surface area is 170 Å². The number of imidazole rings is 1. The Morgan fingerprint density at radius 1 is 1.21 bits per heavy atom. The number of benzene rings is 1. The molecule has 0 aliphatic carbocycles. The van der Waals surface area contributed by atoms with Crippen molar-refractivity contribution in [2.45, 2.75) is 44.3 Å². The molecule has 3 aliphatic heterocycles. The van der Waals surface area contributed by atoms with Gasteiger partial charge in [0.1, 0.15) is 5.82 Å². The SMILES string of the molecule is O=C(N1CCSCC1)[C@]1(Cc2ccccc2)C[C@@H]2CC[C@H]1N2Cc1ncc[nH]1. The molecule has 3 fully saturated rings. The summed E-state index contributed by atoms with van der Waals surface area (Å²) < 4.78 is 0. The molecule has 2 aromatic rings. The molecular weight excluding hydrogens is 368 g/mol. The van der Waals surface area contributed by atoms with Gasteiger partial charge < -0.3 is 9.88 Å². The van der Waals surface area contributed by atoms with Crippen LogP contribution >= 0.6 is 11.8 Å². The molecule has 0 unspecified atom stereocenters. The zero-order chi connectivity index (χ0) is 19.0. The average molecular weight is 397 g/mol. The van der Waals surface area contributed by atoms with Crippen molar-refractivity contribution in [3.8, 4) is 0 Å². The Bertz CT molecular complexity index is 805. The number of aromatic amines is 1. The van der Waals surface area contributed by atoms with Gasteiger partial charge in [-0.05, 0) is 31.2 Å². The number of thioether (sulfide) groups is 1. The maximum absolute atomic E-state index is 13.9. The molecule has 0 spiro atoms. The van der Waals surface area contributed by atoms with Gasteiger partial charge in [0.25, 0.3) is 0 Å². The number of carbonyl (C=O) groups excluding carboxylic acids is 1. The van der Waals surface area contributed by atoms with E-state index in [1.165, 1.54) is 12.0 Å². The highest BCUT2D eigenvalue weighted by atomic mass is 32.2.